The molecule has 0 unspecified atom stereocenters. The van der Waals surface area contributed by atoms with E-state index in [1.54, 1.807) is 12.4 Å². The van der Waals surface area contributed by atoms with Crippen molar-refractivity contribution < 1.29 is 5.11 Å². The normalized spacial score (nSPS) is 10.8. The number of aliphatic hydroxyl groups excluding tert-OH is 1. The van der Waals surface area contributed by atoms with Crippen LogP contribution in [0.1, 0.15) is 11.1 Å². The molecule has 0 saturated carbocycles. The fourth-order valence-electron chi connectivity index (χ4n) is 0.889. The molecule has 0 radical (unpaired) electrons. The zero-order valence-electron chi connectivity index (χ0n) is 6.77. The van der Waals surface area contributed by atoms with Gasteiger partial charge in [0.25, 0.3) is 0 Å². The molecule has 0 atom stereocenters. The minimum atomic E-state index is 0.0251. The molecule has 0 fully saturated rings. The summed E-state index contributed by atoms with van der Waals surface area (Å²) in [6, 6.07) is 1.87. The summed E-state index contributed by atoms with van der Waals surface area (Å²) in [5.74, 6) is 0. The molecule has 0 saturated heterocycles. The molecule has 3 N–H and O–H groups in total. The highest BCUT2D eigenvalue weighted by molar-refractivity contribution is 5.48. The molecule has 12 heavy (non-hydrogen) atoms. The van der Waals surface area contributed by atoms with Gasteiger partial charge in [0.05, 0.1) is 6.61 Å². The Morgan fingerprint density at radius 2 is 2.33 bits per heavy atom. The minimum absolute atomic E-state index is 0.0251. The molecule has 3 heteroatoms. The maximum Gasteiger partial charge on any atom is 0.0697 e. The van der Waals surface area contributed by atoms with Crippen molar-refractivity contribution in [1.82, 2.24) is 4.98 Å². The number of aromatic nitrogens is 1. The lowest BCUT2D eigenvalue weighted by molar-refractivity contribution is 0.281. The SMILES string of the molecule is NCC=Cc1cncc(CO)c1. The standard InChI is InChI=1S/C9H12N2O/c10-3-1-2-8-4-9(7-12)6-11-5-8/h1-2,4-6,12H,3,7,10H2. The van der Waals surface area contributed by atoms with Gasteiger partial charge >= 0.3 is 0 Å². The summed E-state index contributed by atoms with van der Waals surface area (Å²) in [7, 11) is 0. The van der Waals surface area contributed by atoms with Gasteiger partial charge in [-0.1, -0.05) is 12.2 Å². The van der Waals surface area contributed by atoms with Gasteiger partial charge < -0.3 is 10.8 Å². The second kappa shape index (κ2) is 4.64. The van der Waals surface area contributed by atoms with Crippen LogP contribution in [0, 0.1) is 0 Å². The van der Waals surface area contributed by atoms with Crippen molar-refractivity contribution in [2.45, 2.75) is 6.61 Å². The molecule has 64 valence electrons. The Balaban J connectivity index is 2.79. The van der Waals surface area contributed by atoms with E-state index in [0.29, 0.717) is 6.54 Å². The first-order valence-corrected chi connectivity index (χ1v) is 3.78. The Morgan fingerprint density at radius 1 is 1.50 bits per heavy atom. The number of nitrogens with two attached hydrogens (primary N) is 1. The van der Waals surface area contributed by atoms with Crippen molar-refractivity contribution in [3.63, 3.8) is 0 Å². The maximum atomic E-state index is 8.80. The molecule has 3 nitrogen and oxygen atoms in total. The average Bonchev–Trinajstić information content (AvgIpc) is 2.15. The van der Waals surface area contributed by atoms with Crippen LogP contribution in [0.15, 0.2) is 24.5 Å². The van der Waals surface area contributed by atoms with E-state index in [-0.39, 0.29) is 6.61 Å². The number of hydrogen-bond acceptors (Lipinski definition) is 3. The lowest BCUT2D eigenvalue weighted by Crippen LogP contribution is -1.92. The summed E-state index contributed by atoms with van der Waals surface area (Å²) in [6.07, 6.45) is 7.09. The highest BCUT2D eigenvalue weighted by Gasteiger charge is 1.90. The van der Waals surface area contributed by atoms with Gasteiger partial charge in [-0.15, -0.1) is 0 Å². The number of aliphatic hydroxyl groups is 1. The van der Waals surface area contributed by atoms with E-state index < -0.39 is 0 Å². The largest absolute Gasteiger partial charge is 0.392 e. The molecule has 0 aliphatic heterocycles. The molecular weight excluding hydrogens is 152 g/mol. The van der Waals surface area contributed by atoms with Crippen LogP contribution < -0.4 is 5.73 Å². The van der Waals surface area contributed by atoms with E-state index in [4.69, 9.17) is 10.8 Å². The molecule has 1 aromatic heterocycles. The first-order valence-electron chi connectivity index (χ1n) is 3.78. The van der Waals surface area contributed by atoms with Crippen LogP contribution in [0.2, 0.25) is 0 Å². The summed E-state index contributed by atoms with van der Waals surface area (Å²) in [5.41, 5.74) is 7.07. The molecule has 0 bridgehead atoms. The molecular formula is C9H12N2O. The lowest BCUT2D eigenvalue weighted by Gasteiger charge is -1.96. The van der Waals surface area contributed by atoms with E-state index in [1.807, 2.05) is 18.2 Å². The van der Waals surface area contributed by atoms with Crippen molar-refractivity contribution in [3.8, 4) is 0 Å². The molecule has 0 aliphatic rings. The van der Waals surface area contributed by atoms with E-state index in [0.717, 1.165) is 11.1 Å². The van der Waals surface area contributed by atoms with Gasteiger partial charge in [0.1, 0.15) is 0 Å². The summed E-state index contributed by atoms with van der Waals surface area (Å²) in [4.78, 5) is 3.96. The molecule has 0 spiro atoms. The Bertz CT molecular complexity index is 271. The summed E-state index contributed by atoms with van der Waals surface area (Å²) < 4.78 is 0. The van der Waals surface area contributed by atoms with Crippen LogP contribution >= 0.6 is 0 Å². The molecule has 0 aliphatic carbocycles. The third kappa shape index (κ3) is 2.45. The number of pyridine rings is 1. The van der Waals surface area contributed by atoms with Gasteiger partial charge in [-0.25, -0.2) is 0 Å². The van der Waals surface area contributed by atoms with Gasteiger partial charge in [0, 0.05) is 18.9 Å². The third-order valence-corrected chi connectivity index (χ3v) is 1.44. The van der Waals surface area contributed by atoms with Gasteiger partial charge in [0.15, 0.2) is 0 Å². The van der Waals surface area contributed by atoms with Crippen LogP contribution in [0.25, 0.3) is 6.08 Å². The first-order chi connectivity index (χ1) is 5.86. The molecule has 0 aromatic carbocycles. The highest BCUT2D eigenvalue weighted by atomic mass is 16.3. The van der Waals surface area contributed by atoms with Crippen LogP contribution in [0.5, 0.6) is 0 Å². The Morgan fingerprint density at radius 3 is 3.00 bits per heavy atom. The van der Waals surface area contributed by atoms with Gasteiger partial charge in [-0.05, 0) is 17.2 Å². The molecule has 1 aromatic rings. The van der Waals surface area contributed by atoms with Crippen molar-refractivity contribution in [1.29, 1.82) is 0 Å². The number of rotatable bonds is 3. The summed E-state index contributed by atoms with van der Waals surface area (Å²) >= 11 is 0. The molecule has 1 rings (SSSR count). The fourth-order valence-corrected chi connectivity index (χ4v) is 0.889. The van der Waals surface area contributed by atoms with Crippen LogP contribution in [-0.4, -0.2) is 16.6 Å². The Labute approximate surface area is 71.6 Å². The van der Waals surface area contributed by atoms with Crippen LogP contribution in [0.4, 0.5) is 0 Å². The summed E-state index contributed by atoms with van der Waals surface area (Å²) in [5, 5.41) is 8.80. The van der Waals surface area contributed by atoms with Crippen molar-refractivity contribution in [2.24, 2.45) is 5.73 Å². The zero-order valence-corrected chi connectivity index (χ0v) is 6.77. The number of hydrogen-bond donors (Lipinski definition) is 2. The lowest BCUT2D eigenvalue weighted by atomic mass is 10.2. The molecule has 0 amide bonds. The smallest absolute Gasteiger partial charge is 0.0697 e. The second-order valence-electron chi connectivity index (χ2n) is 2.42. The van der Waals surface area contributed by atoms with E-state index >= 15 is 0 Å². The van der Waals surface area contributed by atoms with E-state index in [9.17, 15) is 0 Å². The highest BCUT2D eigenvalue weighted by Crippen LogP contribution is 2.03. The van der Waals surface area contributed by atoms with Gasteiger partial charge in [-0.3, -0.25) is 4.98 Å². The number of nitrogens with zero attached hydrogens (tertiary/aromatic N) is 1. The first kappa shape index (κ1) is 8.90. The quantitative estimate of drug-likeness (QED) is 0.685. The Kier molecular flexibility index (Phi) is 3.44. The van der Waals surface area contributed by atoms with Crippen molar-refractivity contribution in [2.75, 3.05) is 6.54 Å². The average molecular weight is 164 g/mol. The topological polar surface area (TPSA) is 59.1 Å². The van der Waals surface area contributed by atoms with Crippen LogP contribution in [-0.2, 0) is 6.61 Å². The monoisotopic (exact) mass is 164 g/mol. The fraction of sp³-hybridized carbons (Fsp3) is 0.222. The van der Waals surface area contributed by atoms with Crippen molar-refractivity contribution >= 4 is 6.08 Å². The van der Waals surface area contributed by atoms with Gasteiger partial charge in [-0.2, -0.15) is 0 Å². The van der Waals surface area contributed by atoms with Gasteiger partial charge in [0.2, 0.25) is 0 Å². The van der Waals surface area contributed by atoms with Crippen LogP contribution in [0.3, 0.4) is 0 Å². The predicted octanol–water partition coefficient (Wildman–Crippen LogP) is 0.546. The predicted molar refractivity (Wildman–Crippen MR) is 48.2 cm³/mol. The molecule has 1 heterocycles. The zero-order chi connectivity index (χ0) is 8.81. The Hall–Kier alpha value is -1.19. The second-order valence-corrected chi connectivity index (χ2v) is 2.42. The maximum absolute atomic E-state index is 8.80. The third-order valence-electron chi connectivity index (χ3n) is 1.44. The van der Waals surface area contributed by atoms with E-state index in [2.05, 4.69) is 4.98 Å². The summed E-state index contributed by atoms with van der Waals surface area (Å²) in [6.45, 7) is 0.542. The van der Waals surface area contributed by atoms with Crippen molar-refractivity contribution in [3.05, 3.63) is 35.7 Å². The minimum Gasteiger partial charge on any atom is -0.392 e. The van der Waals surface area contributed by atoms with E-state index in [1.165, 1.54) is 0 Å².